The average Bonchev–Trinajstić information content (AvgIpc) is 3.20. The second-order valence-corrected chi connectivity index (χ2v) is 7.96. The SMILES string of the molecule is CCOc1ccccc1N1CCN(C(=O)c2snc(-c3ccc(OC)cc3)c2N)CC1. The molecule has 8 heteroatoms. The third kappa shape index (κ3) is 4.29. The Balaban J connectivity index is 1.45. The molecule has 0 spiro atoms. The highest BCUT2D eigenvalue weighted by molar-refractivity contribution is 7.09. The number of rotatable bonds is 6. The van der Waals surface area contributed by atoms with Gasteiger partial charge in [0.2, 0.25) is 0 Å². The van der Waals surface area contributed by atoms with Crippen LogP contribution in [0.1, 0.15) is 16.6 Å². The molecule has 0 aliphatic carbocycles. The maximum Gasteiger partial charge on any atom is 0.267 e. The molecule has 2 aromatic carbocycles. The zero-order chi connectivity index (χ0) is 21.8. The van der Waals surface area contributed by atoms with Crippen molar-refractivity contribution in [3.05, 3.63) is 53.4 Å². The Morgan fingerprint density at radius 2 is 1.81 bits per heavy atom. The first-order chi connectivity index (χ1) is 15.1. The minimum Gasteiger partial charge on any atom is -0.497 e. The summed E-state index contributed by atoms with van der Waals surface area (Å²) in [6, 6.07) is 15.5. The highest BCUT2D eigenvalue weighted by Gasteiger charge is 2.27. The minimum absolute atomic E-state index is 0.0625. The van der Waals surface area contributed by atoms with Gasteiger partial charge in [-0.05, 0) is 54.9 Å². The molecule has 0 bridgehead atoms. The van der Waals surface area contributed by atoms with E-state index in [0.717, 1.165) is 47.4 Å². The number of ether oxygens (including phenoxy) is 2. The summed E-state index contributed by atoms with van der Waals surface area (Å²) in [5.41, 5.74) is 9.33. The van der Waals surface area contributed by atoms with Crippen LogP contribution >= 0.6 is 11.5 Å². The van der Waals surface area contributed by atoms with E-state index in [1.165, 1.54) is 0 Å². The number of para-hydroxylation sites is 2. The van der Waals surface area contributed by atoms with Gasteiger partial charge in [-0.2, -0.15) is 4.37 Å². The van der Waals surface area contributed by atoms with Crippen LogP contribution in [-0.4, -0.2) is 55.1 Å². The zero-order valence-electron chi connectivity index (χ0n) is 17.7. The van der Waals surface area contributed by atoms with Crippen LogP contribution < -0.4 is 20.1 Å². The van der Waals surface area contributed by atoms with Crippen molar-refractivity contribution in [1.29, 1.82) is 0 Å². The van der Waals surface area contributed by atoms with E-state index in [1.807, 2.05) is 54.3 Å². The Morgan fingerprint density at radius 1 is 1.10 bits per heavy atom. The number of nitrogens with two attached hydrogens (primary N) is 1. The fourth-order valence-corrected chi connectivity index (χ4v) is 4.49. The van der Waals surface area contributed by atoms with Crippen LogP contribution in [0.15, 0.2) is 48.5 Å². The molecule has 0 saturated carbocycles. The van der Waals surface area contributed by atoms with Crippen LogP contribution in [-0.2, 0) is 0 Å². The van der Waals surface area contributed by atoms with Crippen molar-refractivity contribution in [2.75, 3.05) is 50.5 Å². The van der Waals surface area contributed by atoms with Crippen molar-refractivity contribution in [3.8, 4) is 22.8 Å². The summed E-state index contributed by atoms with van der Waals surface area (Å²) in [6.45, 7) is 5.31. The summed E-state index contributed by atoms with van der Waals surface area (Å²) in [7, 11) is 1.62. The molecule has 4 rings (SSSR count). The number of amides is 1. The largest absolute Gasteiger partial charge is 0.497 e. The zero-order valence-corrected chi connectivity index (χ0v) is 18.5. The molecule has 162 valence electrons. The lowest BCUT2D eigenvalue weighted by Crippen LogP contribution is -2.48. The summed E-state index contributed by atoms with van der Waals surface area (Å²) in [4.78, 5) is 17.7. The van der Waals surface area contributed by atoms with Gasteiger partial charge in [0.15, 0.2) is 0 Å². The third-order valence-electron chi connectivity index (χ3n) is 5.36. The normalized spacial score (nSPS) is 13.9. The molecule has 0 atom stereocenters. The third-order valence-corrected chi connectivity index (χ3v) is 6.21. The molecule has 0 radical (unpaired) electrons. The number of carbonyl (C=O) groups is 1. The standard InChI is InChI=1S/C23H26N4O3S/c1-3-30-19-7-5-4-6-18(19)26-12-14-27(15-13-26)23(28)22-20(24)21(25-31-22)16-8-10-17(29-2)11-9-16/h4-11H,3,12-15,24H2,1-2H3. The highest BCUT2D eigenvalue weighted by Crippen LogP contribution is 2.33. The number of hydrogen-bond donors (Lipinski definition) is 1. The number of benzene rings is 2. The van der Waals surface area contributed by atoms with Gasteiger partial charge >= 0.3 is 0 Å². The number of methoxy groups -OCH3 is 1. The molecule has 1 saturated heterocycles. The maximum absolute atomic E-state index is 13.1. The van der Waals surface area contributed by atoms with Crippen molar-refractivity contribution < 1.29 is 14.3 Å². The average molecular weight is 439 g/mol. The first-order valence-electron chi connectivity index (χ1n) is 10.3. The number of carbonyl (C=O) groups excluding carboxylic acids is 1. The van der Waals surface area contributed by atoms with Gasteiger partial charge in [-0.1, -0.05) is 12.1 Å². The minimum atomic E-state index is -0.0625. The second kappa shape index (κ2) is 9.26. The molecule has 7 nitrogen and oxygen atoms in total. The number of piperazine rings is 1. The van der Waals surface area contributed by atoms with E-state index >= 15 is 0 Å². The fraction of sp³-hybridized carbons (Fsp3) is 0.304. The van der Waals surface area contributed by atoms with Gasteiger partial charge in [-0.25, -0.2) is 0 Å². The van der Waals surface area contributed by atoms with Crippen LogP contribution in [0.5, 0.6) is 11.5 Å². The second-order valence-electron chi connectivity index (χ2n) is 7.18. The Kier molecular flexibility index (Phi) is 6.27. The summed E-state index contributed by atoms with van der Waals surface area (Å²) < 4.78 is 15.4. The lowest BCUT2D eigenvalue weighted by molar-refractivity contribution is 0.0752. The molecule has 1 aliphatic heterocycles. The lowest BCUT2D eigenvalue weighted by Gasteiger charge is -2.36. The molecule has 3 aromatic rings. The van der Waals surface area contributed by atoms with Gasteiger partial charge < -0.3 is 25.0 Å². The molecular weight excluding hydrogens is 412 g/mol. The van der Waals surface area contributed by atoms with Gasteiger partial charge in [0, 0.05) is 31.7 Å². The molecule has 31 heavy (non-hydrogen) atoms. The first-order valence-corrected chi connectivity index (χ1v) is 11.0. The van der Waals surface area contributed by atoms with E-state index in [2.05, 4.69) is 15.3 Å². The number of anilines is 2. The van der Waals surface area contributed by atoms with Gasteiger partial charge in [0.05, 0.1) is 25.1 Å². The van der Waals surface area contributed by atoms with Crippen molar-refractivity contribution >= 4 is 28.8 Å². The predicted molar refractivity (Wildman–Crippen MR) is 124 cm³/mol. The molecule has 2 N–H and O–H groups in total. The molecule has 2 heterocycles. The van der Waals surface area contributed by atoms with Crippen LogP contribution in [0, 0.1) is 0 Å². The smallest absolute Gasteiger partial charge is 0.267 e. The highest BCUT2D eigenvalue weighted by atomic mass is 32.1. The van der Waals surface area contributed by atoms with Gasteiger partial charge in [-0.15, -0.1) is 0 Å². The summed E-state index contributed by atoms with van der Waals surface area (Å²) >= 11 is 1.16. The topological polar surface area (TPSA) is 80.9 Å². The molecular formula is C23H26N4O3S. The maximum atomic E-state index is 13.1. The van der Waals surface area contributed by atoms with Crippen molar-refractivity contribution in [3.63, 3.8) is 0 Å². The number of aromatic nitrogens is 1. The number of nitrogen functional groups attached to an aromatic ring is 1. The number of nitrogens with zero attached hydrogens (tertiary/aromatic N) is 3. The van der Waals surface area contributed by atoms with E-state index in [4.69, 9.17) is 15.2 Å². The van der Waals surface area contributed by atoms with E-state index < -0.39 is 0 Å². The van der Waals surface area contributed by atoms with E-state index in [1.54, 1.807) is 7.11 Å². The predicted octanol–water partition coefficient (Wildman–Crippen LogP) is 3.76. The molecule has 1 fully saturated rings. The van der Waals surface area contributed by atoms with E-state index in [9.17, 15) is 4.79 Å². The monoisotopic (exact) mass is 438 g/mol. The lowest BCUT2D eigenvalue weighted by atomic mass is 10.1. The Bertz CT molecular complexity index is 1040. The Hall–Kier alpha value is -3.26. The summed E-state index contributed by atoms with van der Waals surface area (Å²) in [5.74, 6) is 1.57. The van der Waals surface area contributed by atoms with Gasteiger partial charge in [0.25, 0.3) is 5.91 Å². The Morgan fingerprint density at radius 3 is 2.48 bits per heavy atom. The van der Waals surface area contributed by atoms with Crippen molar-refractivity contribution in [2.24, 2.45) is 0 Å². The van der Waals surface area contributed by atoms with E-state index in [0.29, 0.717) is 36.0 Å². The van der Waals surface area contributed by atoms with Crippen LogP contribution in [0.25, 0.3) is 11.3 Å². The summed E-state index contributed by atoms with van der Waals surface area (Å²) in [6.07, 6.45) is 0. The summed E-state index contributed by atoms with van der Waals surface area (Å²) in [5, 5.41) is 0. The molecule has 1 aromatic heterocycles. The van der Waals surface area contributed by atoms with Gasteiger partial charge in [0.1, 0.15) is 22.1 Å². The van der Waals surface area contributed by atoms with Crippen molar-refractivity contribution in [1.82, 2.24) is 9.27 Å². The fourth-order valence-electron chi connectivity index (χ4n) is 3.70. The number of hydrogen-bond acceptors (Lipinski definition) is 7. The first kappa shape index (κ1) is 21.0. The van der Waals surface area contributed by atoms with Crippen LogP contribution in [0.3, 0.4) is 0 Å². The molecule has 0 unspecified atom stereocenters. The van der Waals surface area contributed by atoms with Crippen LogP contribution in [0.4, 0.5) is 11.4 Å². The van der Waals surface area contributed by atoms with Crippen LogP contribution in [0.2, 0.25) is 0 Å². The van der Waals surface area contributed by atoms with Gasteiger partial charge in [-0.3, -0.25) is 4.79 Å². The molecule has 1 aliphatic rings. The van der Waals surface area contributed by atoms with Crippen molar-refractivity contribution in [2.45, 2.75) is 6.92 Å². The molecule has 1 amide bonds. The quantitative estimate of drug-likeness (QED) is 0.631. The van der Waals surface area contributed by atoms with E-state index in [-0.39, 0.29) is 5.91 Å². The Labute approximate surface area is 186 Å².